The number of amides is 2. The van der Waals surface area contributed by atoms with Crippen molar-refractivity contribution < 1.29 is 14.3 Å². The van der Waals surface area contributed by atoms with Gasteiger partial charge in [0.2, 0.25) is 5.91 Å². The van der Waals surface area contributed by atoms with Crippen molar-refractivity contribution in [2.24, 2.45) is 5.92 Å². The maximum absolute atomic E-state index is 13.2. The van der Waals surface area contributed by atoms with Crippen LogP contribution in [0.15, 0.2) is 36.4 Å². The van der Waals surface area contributed by atoms with Crippen molar-refractivity contribution in [3.8, 4) is 0 Å². The summed E-state index contributed by atoms with van der Waals surface area (Å²) in [5.74, 6) is 2.08. The Kier molecular flexibility index (Phi) is 7.69. The van der Waals surface area contributed by atoms with Gasteiger partial charge >= 0.3 is 0 Å². The Morgan fingerprint density at radius 1 is 1.08 bits per heavy atom. The molecule has 2 amide bonds. The molecule has 2 fully saturated rings. The Balaban J connectivity index is 1.34. The van der Waals surface area contributed by atoms with Crippen LogP contribution in [0.3, 0.4) is 0 Å². The van der Waals surface area contributed by atoms with Gasteiger partial charge in [0.15, 0.2) is 0 Å². The fraction of sp³-hybridized carbons (Fsp3) is 0.464. The lowest BCUT2D eigenvalue weighted by Crippen LogP contribution is -2.48. The molecule has 4 N–H and O–H groups in total. The Morgan fingerprint density at radius 2 is 1.92 bits per heavy atom. The first-order chi connectivity index (χ1) is 18.4. The number of carbonyl (C=O) groups excluding carboxylic acids is 2. The third-order valence-electron chi connectivity index (χ3n) is 7.54. The van der Waals surface area contributed by atoms with Gasteiger partial charge in [-0.1, -0.05) is 12.8 Å². The number of nitrogen functional groups attached to an aromatic ring is 1. The molecule has 5 rings (SSSR count). The molecule has 0 radical (unpaired) electrons. The van der Waals surface area contributed by atoms with Crippen LogP contribution in [0.25, 0.3) is 10.9 Å². The second-order valence-electron chi connectivity index (χ2n) is 10.1. The summed E-state index contributed by atoms with van der Waals surface area (Å²) in [6, 6.07) is 10.8. The summed E-state index contributed by atoms with van der Waals surface area (Å²) in [5, 5.41) is 6.84. The molecule has 2 aromatic heterocycles. The molecule has 2 aliphatic rings. The number of hydrogen-bond donors (Lipinski definition) is 3. The van der Waals surface area contributed by atoms with Gasteiger partial charge in [-0.25, -0.2) is 15.0 Å². The monoisotopic (exact) mass is 517 g/mol. The number of nitrogens with two attached hydrogens (primary N) is 1. The van der Waals surface area contributed by atoms with Gasteiger partial charge in [0.1, 0.15) is 23.5 Å². The summed E-state index contributed by atoms with van der Waals surface area (Å²) >= 11 is 0. The SMILES string of the molecule is COCCNC(=O)[C@@H]1C[C@@H]2CCCC[C@@H]2N1c1cc(CNC(=O)c2ccc3nc(N)ccc3c2)nc(C)n1. The number of rotatable bonds is 8. The molecule has 200 valence electrons. The van der Waals surface area contributed by atoms with E-state index >= 15 is 0 Å². The Bertz CT molecular complexity index is 1330. The second-order valence-corrected chi connectivity index (χ2v) is 10.1. The molecule has 1 aliphatic heterocycles. The molecule has 10 heteroatoms. The van der Waals surface area contributed by atoms with Crippen LogP contribution in [0.5, 0.6) is 0 Å². The first-order valence-corrected chi connectivity index (χ1v) is 13.3. The number of aryl methyl sites for hydroxylation is 1. The molecular weight excluding hydrogens is 482 g/mol. The molecule has 38 heavy (non-hydrogen) atoms. The van der Waals surface area contributed by atoms with Crippen molar-refractivity contribution in [2.45, 2.75) is 57.7 Å². The van der Waals surface area contributed by atoms with Gasteiger partial charge in [-0.3, -0.25) is 9.59 Å². The van der Waals surface area contributed by atoms with E-state index in [9.17, 15) is 9.59 Å². The van der Waals surface area contributed by atoms with Crippen LogP contribution in [0, 0.1) is 12.8 Å². The quantitative estimate of drug-likeness (QED) is 0.388. The number of anilines is 2. The molecule has 0 spiro atoms. The van der Waals surface area contributed by atoms with Crippen molar-refractivity contribution >= 4 is 34.4 Å². The lowest BCUT2D eigenvalue weighted by atomic mass is 9.84. The summed E-state index contributed by atoms with van der Waals surface area (Å²) in [6.45, 7) is 3.05. The number of aromatic nitrogens is 3. The van der Waals surface area contributed by atoms with E-state index in [1.54, 1.807) is 31.4 Å². The fourth-order valence-corrected chi connectivity index (χ4v) is 5.81. The van der Waals surface area contributed by atoms with Crippen molar-refractivity contribution in [3.63, 3.8) is 0 Å². The van der Waals surface area contributed by atoms with E-state index in [-0.39, 0.29) is 30.4 Å². The van der Waals surface area contributed by atoms with Gasteiger partial charge in [0.25, 0.3) is 5.91 Å². The van der Waals surface area contributed by atoms with Gasteiger partial charge in [-0.15, -0.1) is 0 Å². The van der Waals surface area contributed by atoms with Crippen LogP contribution >= 0.6 is 0 Å². The molecule has 0 unspecified atom stereocenters. The van der Waals surface area contributed by atoms with Gasteiger partial charge in [0.05, 0.1) is 24.4 Å². The fourth-order valence-electron chi connectivity index (χ4n) is 5.81. The lowest BCUT2D eigenvalue weighted by molar-refractivity contribution is -0.122. The summed E-state index contributed by atoms with van der Waals surface area (Å²) in [7, 11) is 1.63. The predicted octanol–water partition coefficient (Wildman–Crippen LogP) is 2.75. The van der Waals surface area contributed by atoms with Crippen LogP contribution in [-0.4, -0.2) is 59.1 Å². The topological polar surface area (TPSA) is 135 Å². The normalized spacial score (nSPS) is 20.8. The van der Waals surface area contributed by atoms with E-state index < -0.39 is 0 Å². The molecule has 3 aromatic rings. The standard InChI is InChI=1S/C28H35N7O3/c1-17-32-21(16-31-27(36)20-7-9-22-18(13-20)8-10-25(29)34-22)15-26(33-17)35-23-6-4-3-5-19(23)14-24(35)28(37)30-11-12-38-2/h7-10,13,15,19,23-24H,3-6,11-12,14,16H2,1-2H3,(H2,29,34)(H,30,37)(H,31,36)/t19-,23-,24-/m0/s1. The molecular formula is C28H35N7O3. The van der Waals surface area contributed by atoms with E-state index in [0.717, 1.165) is 42.4 Å². The molecule has 1 aliphatic carbocycles. The van der Waals surface area contributed by atoms with E-state index in [2.05, 4.69) is 25.5 Å². The average molecular weight is 518 g/mol. The Labute approximate surface area is 222 Å². The number of methoxy groups -OCH3 is 1. The number of hydrogen-bond acceptors (Lipinski definition) is 8. The molecule has 1 saturated carbocycles. The van der Waals surface area contributed by atoms with Crippen molar-refractivity contribution in [1.29, 1.82) is 0 Å². The van der Waals surface area contributed by atoms with E-state index in [1.165, 1.54) is 6.42 Å². The minimum absolute atomic E-state index is 0.00937. The van der Waals surface area contributed by atoms with Crippen LogP contribution in [0.1, 0.15) is 54.0 Å². The maximum atomic E-state index is 13.2. The highest BCUT2D eigenvalue weighted by Gasteiger charge is 2.45. The second kappa shape index (κ2) is 11.3. The third-order valence-corrected chi connectivity index (χ3v) is 7.54. The Morgan fingerprint density at radius 3 is 2.76 bits per heavy atom. The molecule has 3 atom stereocenters. The summed E-state index contributed by atoms with van der Waals surface area (Å²) in [4.78, 5) is 41.9. The number of ether oxygens (including phenoxy) is 1. The number of benzene rings is 1. The van der Waals surface area contributed by atoms with Crippen molar-refractivity contribution in [3.05, 3.63) is 53.5 Å². The predicted molar refractivity (Wildman–Crippen MR) is 146 cm³/mol. The molecule has 1 aromatic carbocycles. The van der Waals surface area contributed by atoms with Gasteiger partial charge < -0.3 is 26.0 Å². The van der Waals surface area contributed by atoms with Gasteiger partial charge in [0, 0.05) is 36.7 Å². The number of carbonyl (C=O) groups is 2. The maximum Gasteiger partial charge on any atom is 0.251 e. The average Bonchev–Trinajstić information content (AvgIpc) is 3.31. The highest BCUT2D eigenvalue weighted by Crippen LogP contribution is 2.42. The molecule has 3 heterocycles. The summed E-state index contributed by atoms with van der Waals surface area (Å²) < 4.78 is 5.10. The van der Waals surface area contributed by atoms with Crippen LogP contribution in [0.4, 0.5) is 11.6 Å². The number of fused-ring (bicyclic) bond motifs is 2. The third kappa shape index (κ3) is 5.55. The highest BCUT2D eigenvalue weighted by atomic mass is 16.5. The first kappa shape index (κ1) is 25.8. The zero-order valence-electron chi connectivity index (χ0n) is 21.9. The lowest BCUT2D eigenvalue weighted by Gasteiger charge is -2.34. The summed E-state index contributed by atoms with van der Waals surface area (Å²) in [5.41, 5.74) is 7.74. The van der Waals surface area contributed by atoms with E-state index in [0.29, 0.717) is 42.0 Å². The number of pyridine rings is 1. The van der Waals surface area contributed by atoms with Crippen molar-refractivity contribution in [1.82, 2.24) is 25.6 Å². The van der Waals surface area contributed by atoms with Crippen LogP contribution in [0.2, 0.25) is 0 Å². The molecule has 10 nitrogen and oxygen atoms in total. The van der Waals surface area contributed by atoms with E-state index in [1.807, 2.05) is 19.1 Å². The van der Waals surface area contributed by atoms with Gasteiger partial charge in [-0.2, -0.15) is 0 Å². The largest absolute Gasteiger partial charge is 0.384 e. The molecule has 0 bridgehead atoms. The van der Waals surface area contributed by atoms with E-state index in [4.69, 9.17) is 15.5 Å². The number of nitrogens with one attached hydrogen (secondary N) is 2. The number of nitrogens with zero attached hydrogens (tertiary/aromatic N) is 4. The smallest absolute Gasteiger partial charge is 0.251 e. The van der Waals surface area contributed by atoms with Crippen molar-refractivity contribution in [2.75, 3.05) is 30.9 Å². The highest BCUT2D eigenvalue weighted by molar-refractivity contribution is 5.98. The minimum Gasteiger partial charge on any atom is -0.384 e. The van der Waals surface area contributed by atoms with Crippen LogP contribution < -0.4 is 21.3 Å². The molecule has 1 saturated heterocycles. The van der Waals surface area contributed by atoms with Crippen LogP contribution in [-0.2, 0) is 16.1 Å². The first-order valence-electron chi connectivity index (χ1n) is 13.3. The minimum atomic E-state index is -0.281. The zero-order valence-corrected chi connectivity index (χ0v) is 21.9. The summed E-state index contributed by atoms with van der Waals surface area (Å²) in [6.07, 6.45) is 5.34. The Hall–Kier alpha value is -3.79. The zero-order chi connectivity index (χ0) is 26.6. The van der Waals surface area contributed by atoms with Gasteiger partial charge in [-0.05, 0) is 62.4 Å².